The number of Topliss-reactive ketones (excluding diaryl/α,β-unsaturated/α-hetero) is 1. The summed E-state index contributed by atoms with van der Waals surface area (Å²) in [6.45, 7) is 9.14. The van der Waals surface area contributed by atoms with Gasteiger partial charge in [-0.2, -0.15) is 12.6 Å². The smallest absolute Gasteiger partial charge is 0.193 e. The minimum atomic E-state index is -0.0198. The number of hydrogen-bond donors (Lipinski definition) is 1. The fourth-order valence-electron chi connectivity index (χ4n) is 1.32. The van der Waals surface area contributed by atoms with E-state index in [-0.39, 0.29) is 5.78 Å². The van der Waals surface area contributed by atoms with Crippen LogP contribution in [0.15, 0.2) is 61.2 Å². The zero-order chi connectivity index (χ0) is 13.3. The van der Waals surface area contributed by atoms with Crippen LogP contribution in [0.4, 0.5) is 0 Å². The molecule has 17 heavy (non-hydrogen) atoms. The Morgan fingerprint density at radius 3 is 2.41 bits per heavy atom. The number of thiol groups is 1. The monoisotopic (exact) mass is 246 g/mol. The predicted octanol–water partition coefficient (Wildman–Crippen LogP) is 4.02. The van der Waals surface area contributed by atoms with Crippen molar-refractivity contribution in [1.29, 1.82) is 0 Å². The minimum absolute atomic E-state index is 0.0198. The van der Waals surface area contributed by atoms with Crippen LogP contribution < -0.4 is 0 Å². The molecule has 0 aliphatic heterocycles. The maximum absolute atomic E-state index is 11.9. The van der Waals surface area contributed by atoms with E-state index in [2.05, 4.69) is 25.8 Å². The van der Waals surface area contributed by atoms with Crippen molar-refractivity contribution in [2.45, 2.75) is 6.92 Å². The molecule has 1 nitrogen and oxygen atoms in total. The van der Waals surface area contributed by atoms with Crippen molar-refractivity contribution in [2.24, 2.45) is 0 Å². The molecule has 1 aromatic carbocycles. The van der Waals surface area contributed by atoms with Crippen LogP contribution in [0.2, 0.25) is 0 Å². The maximum Gasteiger partial charge on any atom is 0.193 e. The van der Waals surface area contributed by atoms with Crippen molar-refractivity contribution in [3.63, 3.8) is 0 Å². The number of benzene rings is 1. The first-order valence-corrected chi connectivity index (χ1v) is 6.09. The van der Waals surface area contributed by atoms with Gasteiger partial charge in [-0.25, -0.2) is 0 Å². The van der Waals surface area contributed by atoms with Crippen LogP contribution in [0.1, 0.15) is 15.9 Å². The summed E-state index contributed by atoms with van der Waals surface area (Å²) in [7, 11) is 0. The van der Waals surface area contributed by atoms with Crippen LogP contribution in [0.25, 0.3) is 0 Å². The Labute approximate surface area is 109 Å². The SMILES string of the molecule is C=C/C=C(\C=C)C(=O)c1cccc(C)c1.CS. The van der Waals surface area contributed by atoms with E-state index in [1.807, 2.05) is 25.1 Å². The van der Waals surface area contributed by atoms with Gasteiger partial charge >= 0.3 is 0 Å². The molecule has 1 aromatic rings. The molecular formula is C15H18OS. The summed E-state index contributed by atoms with van der Waals surface area (Å²) < 4.78 is 0. The van der Waals surface area contributed by atoms with E-state index in [1.165, 1.54) is 0 Å². The van der Waals surface area contributed by atoms with Crippen molar-refractivity contribution in [3.05, 3.63) is 72.4 Å². The van der Waals surface area contributed by atoms with E-state index >= 15 is 0 Å². The van der Waals surface area contributed by atoms with Crippen molar-refractivity contribution in [3.8, 4) is 0 Å². The van der Waals surface area contributed by atoms with Gasteiger partial charge in [0.05, 0.1) is 0 Å². The summed E-state index contributed by atoms with van der Waals surface area (Å²) in [4.78, 5) is 11.9. The number of hydrogen-bond acceptors (Lipinski definition) is 2. The van der Waals surface area contributed by atoms with Gasteiger partial charge in [0, 0.05) is 11.1 Å². The van der Waals surface area contributed by atoms with Gasteiger partial charge in [-0.15, -0.1) is 0 Å². The van der Waals surface area contributed by atoms with Gasteiger partial charge < -0.3 is 0 Å². The summed E-state index contributed by atoms with van der Waals surface area (Å²) in [6, 6.07) is 7.50. The quantitative estimate of drug-likeness (QED) is 0.367. The van der Waals surface area contributed by atoms with Gasteiger partial charge in [0.1, 0.15) is 0 Å². The first-order chi connectivity index (χ1) is 8.19. The molecule has 0 amide bonds. The zero-order valence-electron chi connectivity index (χ0n) is 10.3. The molecule has 0 heterocycles. The summed E-state index contributed by atoms with van der Waals surface area (Å²) in [5.74, 6) is -0.0198. The van der Waals surface area contributed by atoms with Crippen molar-refractivity contribution < 1.29 is 4.79 Å². The Hall–Kier alpha value is -1.54. The maximum atomic E-state index is 11.9. The van der Waals surface area contributed by atoms with Crippen LogP contribution in [0, 0.1) is 6.92 Å². The van der Waals surface area contributed by atoms with Gasteiger partial charge in [-0.1, -0.05) is 55.1 Å². The Kier molecular flexibility index (Phi) is 7.82. The molecular weight excluding hydrogens is 228 g/mol. The third-order valence-electron chi connectivity index (χ3n) is 2.06. The van der Waals surface area contributed by atoms with Gasteiger partial charge in [0.2, 0.25) is 0 Å². The van der Waals surface area contributed by atoms with E-state index in [1.54, 1.807) is 30.6 Å². The van der Waals surface area contributed by atoms with E-state index in [9.17, 15) is 4.79 Å². The van der Waals surface area contributed by atoms with Gasteiger partial charge in [-0.3, -0.25) is 4.79 Å². The molecule has 0 aromatic heterocycles. The number of ketones is 1. The summed E-state index contributed by atoms with van der Waals surface area (Å²) in [6.07, 6.45) is 6.49. The fourth-order valence-corrected chi connectivity index (χ4v) is 1.32. The average molecular weight is 246 g/mol. The molecule has 0 saturated carbocycles. The van der Waals surface area contributed by atoms with E-state index in [4.69, 9.17) is 0 Å². The fraction of sp³-hybridized carbons (Fsp3) is 0.133. The van der Waals surface area contributed by atoms with Crippen LogP contribution in [-0.4, -0.2) is 12.0 Å². The van der Waals surface area contributed by atoms with Crippen LogP contribution in [0.3, 0.4) is 0 Å². The number of allylic oxidation sites excluding steroid dienone is 4. The predicted molar refractivity (Wildman–Crippen MR) is 78.9 cm³/mol. The Bertz CT molecular complexity index is 430. The first kappa shape index (κ1) is 15.5. The highest BCUT2D eigenvalue weighted by Gasteiger charge is 2.08. The summed E-state index contributed by atoms with van der Waals surface area (Å²) in [5, 5.41) is 0. The highest BCUT2D eigenvalue weighted by molar-refractivity contribution is 7.79. The molecule has 0 fully saturated rings. The highest BCUT2D eigenvalue weighted by atomic mass is 32.1. The molecule has 0 unspecified atom stereocenters. The standard InChI is InChI=1S/C14H14O.CH4S/c1-4-7-12(5-2)14(15)13-9-6-8-11(3)10-13;1-2/h4-10H,1-2H2,3H3;2H,1H3/b12-7+;. The molecule has 0 N–H and O–H groups in total. The lowest BCUT2D eigenvalue weighted by Crippen LogP contribution is -2.01. The van der Waals surface area contributed by atoms with Crippen LogP contribution >= 0.6 is 12.6 Å². The Morgan fingerprint density at radius 2 is 1.94 bits per heavy atom. The summed E-state index contributed by atoms with van der Waals surface area (Å²) in [5.41, 5.74) is 2.32. The molecule has 1 rings (SSSR count). The molecule has 0 bridgehead atoms. The molecule has 0 atom stereocenters. The first-order valence-electron chi connectivity index (χ1n) is 5.20. The Morgan fingerprint density at radius 1 is 1.29 bits per heavy atom. The molecule has 0 aliphatic carbocycles. The van der Waals surface area contributed by atoms with Gasteiger partial charge in [0.25, 0.3) is 0 Å². The lowest BCUT2D eigenvalue weighted by atomic mass is 10.0. The zero-order valence-corrected chi connectivity index (χ0v) is 11.2. The molecule has 2 heteroatoms. The largest absolute Gasteiger partial charge is 0.289 e. The molecule has 90 valence electrons. The second-order valence-corrected chi connectivity index (χ2v) is 3.26. The number of rotatable bonds is 4. The molecule has 0 aliphatic rings. The van der Waals surface area contributed by atoms with Gasteiger partial charge in [0.15, 0.2) is 5.78 Å². The summed E-state index contributed by atoms with van der Waals surface area (Å²) >= 11 is 3.53. The topological polar surface area (TPSA) is 17.1 Å². The van der Waals surface area contributed by atoms with Crippen LogP contribution in [0.5, 0.6) is 0 Å². The molecule has 0 spiro atoms. The highest BCUT2D eigenvalue weighted by Crippen LogP contribution is 2.11. The second-order valence-electron chi connectivity index (χ2n) is 3.26. The van der Waals surface area contributed by atoms with E-state index in [0.717, 1.165) is 5.56 Å². The third kappa shape index (κ3) is 4.87. The van der Waals surface area contributed by atoms with Crippen molar-refractivity contribution in [2.75, 3.05) is 6.26 Å². The van der Waals surface area contributed by atoms with Crippen molar-refractivity contribution in [1.82, 2.24) is 0 Å². The molecule has 0 radical (unpaired) electrons. The van der Waals surface area contributed by atoms with E-state index < -0.39 is 0 Å². The number of carbonyl (C=O) groups is 1. The van der Waals surface area contributed by atoms with E-state index in [0.29, 0.717) is 11.1 Å². The minimum Gasteiger partial charge on any atom is -0.289 e. The normalized spacial score (nSPS) is 9.94. The van der Waals surface area contributed by atoms with Gasteiger partial charge in [-0.05, 0) is 19.2 Å². The van der Waals surface area contributed by atoms with Crippen molar-refractivity contribution >= 4 is 18.4 Å². The number of aryl methyl sites for hydroxylation is 1. The lowest BCUT2D eigenvalue weighted by Gasteiger charge is -2.01. The third-order valence-corrected chi connectivity index (χ3v) is 2.06. The van der Waals surface area contributed by atoms with Crippen LogP contribution in [-0.2, 0) is 0 Å². The lowest BCUT2D eigenvalue weighted by molar-refractivity contribution is 0.103. The molecule has 0 saturated heterocycles. The average Bonchev–Trinajstić information content (AvgIpc) is 2.37. The number of carbonyl (C=O) groups excluding carboxylic acids is 1. The second kappa shape index (κ2) is 8.59. The Balaban J connectivity index is 0.00000121.